The molecule has 0 aromatic carbocycles. The van der Waals surface area contributed by atoms with Crippen molar-refractivity contribution < 1.29 is 9.64 Å². The maximum absolute atomic E-state index is 5.42. The molecular formula is C18H30N5O+. The third-order valence-electron chi connectivity index (χ3n) is 4.92. The van der Waals surface area contributed by atoms with Crippen LogP contribution >= 0.6 is 0 Å². The minimum atomic E-state index is 0.593. The number of rotatable bonds is 6. The fourth-order valence-corrected chi connectivity index (χ4v) is 3.46. The zero-order valence-corrected chi connectivity index (χ0v) is 15.4. The lowest BCUT2D eigenvalue weighted by atomic mass is 10.2. The van der Waals surface area contributed by atoms with Crippen molar-refractivity contribution in [2.24, 2.45) is 5.92 Å². The van der Waals surface area contributed by atoms with Crippen LogP contribution in [0.5, 0.6) is 0 Å². The van der Waals surface area contributed by atoms with E-state index >= 15 is 0 Å². The molecule has 6 nitrogen and oxygen atoms in total. The Labute approximate surface area is 144 Å². The van der Waals surface area contributed by atoms with Crippen molar-refractivity contribution in [1.82, 2.24) is 14.5 Å². The lowest BCUT2D eigenvalue weighted by Crippen LogP contribution is -3.14. The Kier molecular flexibility index (Phi) is 5.36. The summed E-state index contributed by atoms with van der Waals surface area (Å²) in [6.07, 6.45) is 1.68. The number of anilines is 1. The Morgan fingerprint density at radius 2 is 2.00 bits per heavy atom. The second-order valence-electron chi connectivity index (χ2n) is 7.17. The molecule has 0 aliphatic carbocycles. The smallest absolute Gasteiger partial charge is 0.145 e. The highest BCUT2D eigenvalue weighted by Crippen LogP contribution is 2.29. The predicted molar refractivity (Wildman–Crippen MR) is 96.7 cm³/mol. The molecule has 1 aliphatic heterocycles. The molecule has 2 aromatic heterocycles. The van der Waals surface area contributed by atoms with Crippen LogP contribution in [-0.4, -0.2) is 53.9 Å². The SMILES string of the molecule is Cc1c(C)n(CC(C)C)c2ncnc(NCC[NH+]3CCOCC3)c12. The van der Waals surface area contributed by atoms with E-state index in [1.54, 1.807) is 11.2 Å². The van der Waals surface area contributed by atoms with Crippen molar-refractivity contribution in [3.63, 3.8) is 0 Å². The molecule has 0 radical (unpaired) electrons. The number of nitrogens with one attached hydrogen (secondary N) is 2. The van der Waals surface area contributed by atoms with Gasteiger partial charge in [0.05, 0.1) is 31.7 Å². The van der Waals surface area contributed by atoms with E-state index in [1.165, 1.54) is 16.6 Å². The largest absolute Gasteiger partial charge is 0.370 e. The predicted octanol–water partition coefficient (Wildman–Crippen LogP) is 1.03. The molecule has 0 atom stereocenters. The Morgan fingerprint density at radius 3 is 2.71 bits per heavy atom. The highest BCUT2D eigenvalue weighted by Gasteiger charge is 2.18. The van der Waals surface area contributed by atoms with Crippen molar-refractivity contribution in [3.05, 3.63) is 17.6 Å². The third-order valence-corrected chi connectivity index (χ3v) is 4.92. The van der Waals surface area contributed by atoms with Crippen LogP contribution in [0.3, 0.4) is 0 Å². The Bertz CT molecular complexity index is 688. The zero-order chi connectivity index (χ0) is 17.1. The van der Waals surface area contributed by atoms with Gasteiger partial charge in [-0.1, -0.05) is 13.8 Å². The first-order valence-corrected chi connectivity index (χ1v) is 9.03. The van der Waals surface area contributed by atoms with Crippen LogP contribution < -0.4 is 10.2 Å². The van der Waals surface area contributed by atoms with Crippen molar-refractivity contribution in [2.75, 3.05) is 44.7 Å². The van der Waals surface area contributed by atoms with Gasteiger partial charge in [0.15, 0.2) is 0 Å². The van der Waals surface area contributed by atoms with Crippen LogP contribution in [-0.2, 0) is 11.3 Å². The summed E-state index contributed by atoms with van der Waals surface area (Å²) in [5, 5.41) is 4.72. The number of quaternary nitrogens is 1. The number of aryl methyl sites for hydroxylation is 1. The first-order valence-electron chi connectivity index (χ1n) is 9.03. The molecule has 1 saturated heterocycles. The van der Waals surface area contributed by atoms with E-state index in [0.29, 0.717) is 5.92 Å². The van der Waals surface area contributed by atoms with Gasteiger partial charge in [0, 0.05) is 12.2 Å². The minimum Gasteiger partial charge on any atom is -0.370 e. The number of morpholine rings is 1. The normalized spacial score (nSPS) is 16.2. The summed E-state index contributed by atoms with van der Waals surface area (Å²) < 4.78 is 7.75. The fourth-order valence-electron chi connectivity index (χ4n) is 3.46. The van der Waals surface area contributed by atoms with E-state index in [4.69, 9.17) is 4.74 Å². The summed E-state index contributed by atoms with van der Waals surface area (Å²) in [5.74, 6) is 1.56. The van der Waals surface area contributed by atoms with Gasteiger partial charge in [-0.2, -0.15) is 0 Å². The summed E-state index contributed by atoms with van der Waals surface area (Å²) in [5.41, 5.74) is 3.63. The van der Waals surface area contributed by atoms with E-state index in [0.717, 1.165) is 57.4 Å². The summed E-state index contributed by atoms with van der Waals surface area (Å²) >= 11 is 0. The number of aromatic nitrogens is 3. The van der Waals surface area contributed by atoms with Gasteiger partial charge >= 0.3 is 0 Å². The third kappa shape index (κ3) is 3.54. The molecule has 2 aromatic rings. The van der Waals surface area contributed by atoms with E-state index in [9.17, 15) is 0 Å². The van der Waals surface area contributed by atoms with E-state index in [-0.39, 0.29) is 0 Å². The molecule has 3 heterocycles. The standard InChI is InChI=1S/C18H29N5O/c1-13(2)11-23-15(4)14(3)16-17(20-12-21-18(16)23)19-5-6-22-7-9-24-10-8-22/h12-13H,5-11H2,1-4H3,(H,19,20,21)/p+1. The Hall–Kier alpha value is -1.66. The van der Waals surface area contributed by atoms with Crippen molar-refractivity contribution in [2.45, 2.75) is 34.2 Å². The van der Waals surface area contributed by atoms with E-state index < -0.39 is 0 Å². The van der Waals surface area contributed by atoms with Crippen molar-refractivity contribution in [3.8, 4) is 0 Å². The molecule has 3 rings (SSSR count). The highest BCUT2D eigenvalue weighted by molar-refractivity contribution is 5.91. The first kappa shape index (κ1) is 17.2. The lowest BCUT2D eigenvalue weighted by Gasteiger charge is -2.23. The number of hydrogen-bond donors (Lipinski definition) is 2. The minimum absolute atomic E-state index is 0.593. The fraction of sp³-hybridized carbons (Fsp3) is 0.667. The first-order chi connectivity index (χ1) is 11.6. The van der Waals surface area contributed by atoms with Crippen molar-refractivity contribution in [1.29, 1.82) is 0 Å². The summed E-state index contributed by atoms with van der Waals surface area (Å²) in [4.78, 5) is 10.7. The van der Waals surface area contributed by atoms with Crippen LogP contribution in [0.15, 0.2) is 6.33 Å². The van der Waals surface area contributed by atoms with Crippen LogP contribution in [0.25, 0.3) is 11.0 Å². The molecule has 0 spiro atoms. The average Bonchev–Trinajstić information content (AvgIpc) is 2.81. The number of ether oxygens (including phenoxy) is 1. The molecule has 1 aliphatic rings. The second-order valence-corrected chi connectivity index (χ2v) is 7.17. The van der Waals surface area contributed by atoms with E-state index in [2.05, 4.69) is 47.5 Å². The molecule has 132 valence electrons. The second kappa shape index (κ2) is 7.49. The summed E-state index contributed by atoms with van der Waals surface area (Å²) in [6, 6.07) is 0. The van der Waals surface area contributed by atoms with Crippen LogP contribution in [0.4, 0.5) is 5.82 Å². The quantitative estimate of drug-likeness (QED) is 0.830. The molecule has 0 unspecified atom stereocenters. The summed E-state index contributed by atoms with van der Waals surface area (Å²) in [7, 11) is 0. The zero-order valence-electron chi connectivity index (χ0n) is 15.4. The molecule has 0 bridgehead atoms. The molecule has 24 heavy (non-hydrogen) atoms. The van der Waals surface area contributed by atoms with Gasteiger partial charge in [0.1, 0.15) is 30.9 Å². The van der Waals surface area contributed by atoms with Crippen LogP contribution in [0.1, 0.15) is 25.1 Å². The Balaban J connectivity index is 1.78. The number of hydrogen-bond acceptors (Lipinski definition) is 4. The van der Waals surface area contributed by atoms with Crippen LogP contribution in [0.2, 0.25) is 0 Å². The van der Waals surface area contributed by atoms with Gasteiger partial charge in [0.2, 0.25) is 0 Å². The maximum Gasteiger partial charge on any atom is 0.145 e. The van der Waals surface area contributed by atoms with Gasteiger partial charge in [-0.05, 0) is 25.3 Å². The highest BCUT2D eigenvalue weighted by atomic mass is 16.5. The van der Waals surface area contributed by atoms with Gasteiger partial charge in [-0.25, -0.2) is 9.97 Å². The molecule has 6 heteroatoms. The lowest BCUT2D eigenvalue weighted by molar-refractivity contribution is -0.906. The van der Waals surface area contributed by atoms with Crippen molar-refractivity contribution >= 4 is 16.9 Å². The van der Waals surface area contributed by atoms with Gasteiger partial charge in [-0.15, -0.1) is 0 Å². The maximum atomic E-state index is 5.42. The molecule has 2 N–H and O–H groups in total. The molecular weight excluding hydrogens is 302 g/mol. The molecule has 0 saturated carbocycles. The average molecular weight is 332 g/mol. The van der Waals surface area contributed by atoms with Gasteiger partial charge in [0.25, 0.3) is 0 Å². The number of fused-ring (bicyclic) bond motifs is 1. The number of nitrogens with zero attached hydrogens (tertiary/aromatic N) is 3. The summed E-state index contributed by atoms with van der Waals surface area (Å²) in [6.45, 7) is 15.8. The monoisotopic (exact) mass is 332 g/mol. The van der Waals surface area contributed by atoms with Crippen LogP contribution in [0, 0.1) is 19.8 Å². The molecule has 1 fully saturated rings. The van der Waals surface area contributed by atoms with Gasteiger partial charge in [-0.3, -0.25) is 0 Å². The molecule has 0 amide bonds. The topological polar surface area (TPSA) is 56.4 Å². The van der Waals surface area contributed by atoms with E-state index in [1.807, 2.05) is 0 Å². The van der Waals surface area contributed by atoms with Gasteiger partial charge < -0.3 is 19.5 Å². The Morgan fingerprint density at radius 1 is 1.25 bits per heavy atom.